The second-order valence-electron chi connectivity index (χ2n) is 2.12. The lowest BCUT2D eigenvalue weighted by atomic mass is 10.7. The molecule has 1 aliphatic rings. The first-order chi connectivity index (χ1) is 4.24. The van der Waals surface area contributed by atoms with Crippen molar-refractivity contribution in [2.75, 3.05) is 7.11 Å². The first-order valence-corrected chi connectivity index (χ1v) is 2.83. The van der Waals surface area contributed by atoms with Gasteiger partial charge in [-0.25, -0.2) is 4.79 Å². The lowest BCUT2D eigenvalue weighted by Gasteiger charge is -1.96. The number of nitrogens with one attached hydrogen (secondary N) is 1. The first kappa shape index (κ1) is 6.35. The first-order valence-electron chi connectivity index (χ1n) is 2.83. The third-order valence-electron chi connectivity index (χ3n) is 1.36. The summed E-state index contributed by atoms with van der Waals surface area (Å²) in [5.74, 6) is 0. The van der Waals surface area contributed by atoms with Crippen LogP contribution in [0.15, 0.2) is 0 Å². The van der Waals surface area contributed by atoms with E-state index in [-0.39, 0.29) is 12.1 Å². The number of methoxy groups -OCH3 is 1. The van der Waals surface area contributed by atoms with Crippen molar-refractivity contribution in [3.8, 4) is 0 Å². The maximum absolute atomic E-state index is 10.2. The van der Waals surface area contributed by atoms with Crippen molar-refractivity contribution in [1.29, 1.82) is 0 Å². The van der Waals surface area contributed by atoms with Crippen molar-refractivity contribution in [2.24, 2.45) is 5.73 Å². The normalized spacial score (nSPS) is 31.7. The molecule has 1 fully saturated rings. The SMILES string of the molecule is CO[C@H]1C[C@H]1NC(N)=O. The van der Waals surface area contributed by atoms with Crippen LogP contribution in [0.3, 0.4) is 0 Å². The van der Waals surface area contributed by atoms with Crippen LogP contribution in [0.5, 0.6) is 0 Å². The Kier molecular flexibility index (Phi) is 1.57. The summed E-state index contributed by atoms with van der Waals surface area (Å²) >= 11 is 0. The molecule has 0 aromatic rings. The summed E-state index contributed by atoms with van der Waals surface area (Å²) in [4.78, 5) is 10.2. The highest BCUT2D eigenvalue weighted by Crippen LogP contribution is 2.23. The standard InChI is InChI=1S/C5H10N2O2/c1-9-4-2-3(4)7-5(6)8/h3-4H,2H2,1H3,(H3,6,7,8)/t3-,4+/m1/s1. The van der Waals surface area contributed by atoms with Gasteiger partial charge in [-0.1, -0.05) is 0 Å². The van der Waals surface area contributed by atoms with Crippen molar-refractivity contribution in [2.45, 2.75) is 18.6 Å². The molecule has 4 nitrogen and oxygen atoms in total. The fraction of sp³-hybridized carbons (Fsp3) is 0.800. The van der Waals surface area contributed by atoms with E-state index in [1.807, 2.05) is 0 Å². The molecule has 1 aliphatic carbocycles. The summed E-state index contributed by atoms with van der Waals surface area (Å²) in [6.45, 7) is 0. The van der Waals surface area contributed by atoms with Crippen molar-refractivity contribution in [3.63, 3.8) is 0 Å². The summed E-state index contributed by atoms with van der Waals surface area (Å²) in [5, 5.41) is 2.53. The average molecular weight is 130 g/mol. The molecular weight excluding hydrogens is 120 g/mol. The molecular formula is C5H10N2O2. The van der Waals surface area contributed by atoms with Gasteiger partial charge in [0.1, 0.15) is 0 Å². The molecule has 0 bridgehead atoms. The topological polar surface area (TPSA) is 64.3 Å². The van der Waals surface area contributed by atoms with Gasteiger partial charge in [-0.2, -0.15) is 0 Å². The van der Waals surface area contributed by atoms with Crippen LogP contribution in [0, 0.1) is 0 Å². The summed E-state index contributed by atoms with van der Waals surface area (Å²) in [5.41, 5.74) is 4.84. The molecule has 52 valence electrons. The number of urea groups is 1. The van der Waals surface area contributed by atoms with Crippen molar-refractivity contribution < 1.29 is 9.53 Å². The molecule has 9 heavy (non-hydrogen) atoms. The molecule has 4 heteroatoms. The second kappa shape index (κ2) is 2.23. The van der Waals surface area contributed by atoms with Gasteiger partial charge in [0.2, 0.25) is 0 Å². The number of hydrogen-bond donors (Lipinski definition) is 2. The predicted molar refractivity (Wildman–Crippen MR) is 31.9 cm³/mol. The van der Waals surface area contributed by atoms with Crippen LogP contribution >= 0.6 is 0 Å². The van der Waals surface area contributed by atoms with E-state index < -0.39 is 6.03 Å². The number of nitrogens with two attached hydrogens (primary N) is 1. The Morgan fingerprint density at radius 1 is 1.89 bits per heavy atom. The van der Waals surface area contributed by atoms with Crippen LogP contribution in [0.25, 0.3) is 0 Å². The van der Waals surface area contributed by atoms with Crippen LogP contribution in [-0.2, 0) is 4.74 Å². The highest BCUT2D eigenvalue weighted by Gasteiger charge is 2.38. The number of primary amides is 1. The zero-order chi connectivity index (χ0) is 6.85. The number of ether oxygens (including phenoxy) is 1. The number of carbonyl (C=O) groups is 1. The second-order valence-corrected chi connectivity index (χ2v) is 2.12. The Morgan fingerprint density at radius 2 is 2.56 bits per heavy atom. The van der Waals surface area contributed by atoms with Gasteiger partial charge < -0.3 is 15.8 Å². The Hall–Kier alpha value is -0.770. The van der Waals surface area contributed by atoms with Crippen LogP contribution < -0.4 is 11.1 Å². The van der Waals surface area contributed by atoms with E-state index in [2.05, 4.69) is 5.32 Å². The van der Waals surface area contributed by atoms with Gasteiger partial charge in [0.05, 0.1) is 12.1 Å². The maximum Gasteiger partial charge on any atom is 0.312 e. The molecule has 3 N–H and O–H groups in total. The fourth-order valence-electron chi connectivity index (χ4n) is 0.767. The number of amides is 2. The van der Waals surface area contributed by atoms with Crippen LogP contribution in [0.2, 0.25) is 0 Å². The van der Waals surface area contributed by atoms with E-state index in [4.69, 9.17) is 10.5 Å². The van der Waals surface area contributed by atoms with E-state index in [1.54, 1.807) is 7.11 Å². The molecule has 0 saturated heterocycles. The lowest BCUT2D eigenvalue weighted by molar-refractivity contribution is 0.173. The average Bonchev–Trinajstić information content (AvgIpc) is 2.45. The minimum Gasteiger partial charge on any atom is -0.379 e. The van der Waals surface area contributed by atoms with Crippen LogP contribution in [0.4, 0.5) is 4.79 Å². The van der Waals surface area contributed by atoms with Gasteiger partial charge in [-0.3, -0.25) is 0 Å². The minimum atomic E-state index is -0.473. The number of rotatable bonds is 2. The minimum absolute atomic E-state index is 0.160. The monoisotopic (exact) mass is 130 g/mol. The van der Waals surface area contributed by atoms with Gasteiger partial charge in [-0.05, 0) is 6.42 Å². The van der Waals surface area contributed by atoms with E-state index in [0.717, 1.165) is 6.42 Å². The molecule has 2 amide bonds. The maximum atomic E-state index is 10.2. The van der Waals surface area contributed by atoms with Gasteiger partial charge in [0, 0.05) is 7.11 Å². The van der Waals surface area contributed by atoms with E-state index in [1.165, 1.54) is 0 Å². The molecule has 0 spiro atoms. The zero-order valence-electron chi connectivity index (χ0n) is 5.26. The number of carbonyl (C=O) groups excluding carboxylic acids is 1. The summed E-state index contributed by atoms with van der Waals surface area (Å²) in [7, 11) is 1.62. The van der Waals surface area contributed by atoms with Crippen LogP contribution in [0.1, 0.15) is 6.42 Å². The van der Waals surface area contributed by atoms with Crippen molar-refractivity contribution in [3.05, 3.63) is 0 Å². The van der Waals surface area contributed by atoms with Gasteiger partial charge in [0.15, 0.2) is 0 Å². The Balaban J connectivity index is 2.12. The van der Waals surface area contributed by atoms with Gasteiger partial charge in [0.25, 0.3) is 0 Å². The Morgan fingerprint density at radius 3 is 2.89 bits per heavy atom. The Bertz CT molecular complexity index is 126. The molecule has 1 saturated carbocycles. The summed E-state index contributed by atoms with van der Waals surface area (Å²) in [6, 6.07) is -0.313. The molecule has 0 aromatic heterocycles. The van der Waals surface area contributed by atoms with Crippen molar-refractivity contribution in [1.82, 2.24) is 5.32 Å². The molecule has 0 unspecified atom stereocenters. The smallest absolute Gasteiger partial charge is 0.312 e. The lowest BCUT2D eigenvalue weighted by Crippen LogP contribution is -2.32. The van der Waals surface area contributed by atoms with Crippen LogP contribution in [-0.4, -0.2) is 25.3 Å². The Labute approximate surface area is 53.4 Å². The zero-order valence-corrected chi connectivity index (χ0v) is 5.26. The van der Waals surface area contributed by atoms with E-state index in [0.29, 0.717) is 0 Å². The largest absolute Gasteiger partial charge is 0.379 e. The fourth-order valence-corrected chi connectivity index (χ4v) is 0.767. The van der Waals surface area contributed by atoms with Crippen molar-refractivity contribution >= 4 is 6.03 Å². The summed E-state index contributed by atoms with van der Waals surface area (Å²) < 4.78 is 4.90. The van der Waals surface area contributed by atoms with E-state index >= 15 is 0 Å². The summed E-state index contributed by atoms with van der Waals surface area (Å²) in [6.07, 6.45) is 1.08. The third kappa shape index (κ3) is 1.57. The molecule has 0 radical (unpaired) electrons. The van der Waals surface area contributed by atoms with Gasteiger partial charge >= 0.3 is 6.03 Å². The molecule has 0 heterocycles. The van der Waals surface area contributed by atoms with Gasteiger partial charge in [-0.15, -0.1) is 0 Å². The third-order valence-corrected chi connectivity index (χ3v) is 1.36. The molecule has 1 rings (SSSR count). The predicted octanol–water partition coefficient (Wildman–Crippen LogP) is -0.558. The molecule has 0 aliphatic heterocycles. The number of hydrogen-bond acceptors (Lipinski definition) is 2. The van der Waals surface area contributed by atoms with E-state index in [9.17, 15) is 4.79 Å². The molecule has 0 aromatic carbocycles. The molecule has 2 atom stereocenters. The highest BCUT2D eigenvalue weighted by atomic mass is 16.5. The quantitative estimate of drug-likeness (QED) is 0.526. The highest BCUT2D eigenvalue weighted by molar-refractivity contribution is 5.72.